The first-order valence-corrected chi connectivity index (χ1v) is 8.86. The Morgan fingerprint density at radius 1 is 1.20 bits per heavy atom. The van der Waals surface area contributed by atoms with E-state index in [1.54, 1.807) is 6.07 Å². The number of methoxy groups -OCH3 is 1. The van der Waals surface area contributed by atoms with Crippen LogP contribution in [0.2, 0.25) is 10.0 Å². The average molecular weight is 381 g/mol. The summed E-state index contributed by atoms with van der Waals surface area (Å²) >= 11 is 12.2. The molecule has 0 N–H and O–H groups in total. The van der Waals surface area contributed by atoms with E-state index in [1.165, 1.54) is 25.7 Å². The third kappa shape index (κ3) is 4.22. The van der Waals surface area contributed by atoms with Gasteiger partial charge in [0.25, 0.3) is 5.88 Å². The molecule has 1 saturated carbocycles. The minimum atomic E-state index is -0.151. The molecule has 0 bridgehead atoms. The predicted octanol–water partition coefficient (Wildman–Crippen LogP) is 4.54. The van der Waals surface area contributed by atoms with Crippen molar-refractivity contribution < 1.29 is 14.3 Å². The van der Waals surface area contributed by atoms with Crippen LogP contribution in [0.15, 0.2) is 24.7 Å². The van der Waals surface area contributed by atoms with Crippen molar-refractivity contribution in [1.29, 1.82) is 0 Å². The fourth-order valence-corrected chi connectivity index (χ4v) is 3.38. The van der Waals surface area contributed by atoms with Gasteiger partial charge in [-0.1, -0.05) is 23.2 Å². The summed E-state index contributed by atoms with van der Waals surface area (Å²) in [7, 11) is 1.53. The van der Waals surface area contributed by atoms with Crippen LogP contribution in [-0.4, -0.2) is 29.0 Å². The monoisotopic (exact) mass is 380 g/mol. The first kappa shape index (κ1) is 18.0. The zero-order chi connectivity index (χ0) is 17.8. The highest BCUT2D eigenvalue weighted by Crippen LogP contribution is 2.31. The molecular weight excluding hydrogens is 363 g/mol. The third-order valence-electron chi connectivity index (χ3n) is 4.22. The van der Waals surface area contributed by atoms with Crippen molar-refractivity contribution >= 4 is 29.0 Å². The molecule has 2 heterocycles. The fraction of sp³-hybridized carbons (Fsp3) is 0.389. The first-order valence-electron chi connectivity index (χ1n) is 8.10. The molecule has 0 unspecified atom stereocenters. The molecule has 2 aromatic rings. The van der Waals surface area contributed by atoms with Gasteiger partial charge in [-0.2, -0.15) is 0 Å². The minimum Gasteiger partial charge on any atom is -0.485 e. The molecule has 0 amide bonds. The zero-order valence-corrected chi connectivity index (χ0v) is 15.3. The molecule has 5 nitrogen and oxygen atoms in total. The maximum absolute atomic E-state index is 12.6. The van der Waals surface area contributed by atoms with Gasteiger partial charge in [0.1, 0.15) is 0 Å². The SMILES string of the molecule is COc1ncc(C(=O)Cc2c(Cl)cncc2Cl)cc1OC1CCCC1. The standard InChI is InChI=1S/C18H18Cl2N2O3/c1-24-18-17(25-12-4-2-3-5-12)6-11(8-22-18)16(23)7-13-14(19)9-21-10-15(13)20/h6,8-10,12H,2-5,7H2,1H3. The van der Waals surface area contributed by atoms with Crippen molar-refractivity contribution in [1.82, 2.24) is 9.97 Å². The number of carbonyl (C=O) groups excluding carboxylic acids is 1. The second kappa shape index (κ2) is 8.02. The Morgan fingerprint density at radius 2 is 1.88 bits per heavy atom. The molecule has 7 heteroatoms. The molecule has 0 aliphatic heterocycles. The Morgan fingerprint density at radius 3 is 2.52 bits per heavy atom. The van der Waals surface area contributed by atoms with Crippen molar-refractivity contribution in [2.24, 2.45) is 0 Å². The summed E-state index contributed by atoms with van der Waals surface area (Å²) in [5, 5.41) is 0.731. The molecule has 1 aliphatic rings. The molecule has 0 atom stereocenters. The lowest BCUT2D eigenvalue weighted by molar-refractivity contribution is 0.0991. The molecule has 0 saturated heterocycles. The van der Waals surface area contributed by atoms with Gasteiger partial charge in [-0.3, -0.25) is 9.78 Å². The van der Waals surface area contributed by atoms with Gasteiger partial charge in [-0.25, -0.2) is 4.98 Å². The van der Waals surface area contributed by atoms with Gasteiger partial charge < -0.3 is 9.47 Å². The smallest absolute Gasteiger partial charge is 0.256 e. The number of pyridine rings is 2. The number of nitrogens with zero attached hydrogens (tertiary/aromatic N) is 2. The molecule has 3 rings (SSSR count). The van der Waals surface area contributed by atoms with E-state index < -0.39 is 0 Å². The number of rotatable bonds is 6. The van der Waals surface area contributed by atoms with Crippen LogP contribution in [0.25, 0.3) is 0 Å². The summed E-state index contributed by atoms with van der Waals surface area (Å²) < 4.78 is 11.2. The molecule has 132 valence electrons. The molecule has 1 fully saturated rings. The number of aromatic nitrogens is 2. The number of ketones is 1. The van der Waals surface area contributed by atoms with Crippen molar-refractivity contribution in [2.75, 3.05) is 7.11 Å². The predicted molar refractivity (Wildman–Crippen MR) is 96.0 cm³/mol. The highest BCUT2D eigenvalue weighted by Gasteiger charge is 2.21. The Balaban J connectivity index is 1.82. The average Bonchev–Trinajstić information content (AvgIpc) is 3.11. The van der Waals surface area contributed by atoms with Crippen LogP contribution in [-0.2, 0) is 6.42 Å². The highest BCUT2D eigenvalue weighted by molar-refractivity contribution is 6.36. The lowest BCUT2D eigenvalue weighted by Gasteiger charge is -2.16. The Labute approximate surface area is 156 Å². The van der Waals surface area contributed by atoms with Crippen LogP contribution >= 0.6 is 23.2 Å². The number of hydrogen-bond donors (Lipinski definition) is 0. The molecule has 0 aromatic carbocycles. The summed E-state index contributed by atoms with van der Waals surface area (Å²) in [5.74, 6) is 0.719. The van der Waals surface area contributed by atoms with Gasteiger partial charge in [0.2, 0.25) is 0 Å². The van der Waals surface area contributed by atoms with Gasteiger partial charge in [0.15, 0.2) is 11.5 Å². The van der Waals surface area contributed by atoms with Crippen LogP contribution < -0.4 is 9.47 Å². The fourth-order valence-electron chi connectivity index (χ4n) is 2.88. The highest BCUT2D eigenvalue weighted by atomic mass is 35.5. The lowest BCUT2D eigenvalue weighted by atomic mass is 10.1. The number of carbonyl (C=O) groups is 1. The second-order valence-corrected chi connectivity index (χ2v) is 6.75. The lowest BCUT2D eigenvalue weighted by Crippen LogP contribution is -2.13. The van der Waals surface area contributed by atoms with E-state index in [0.717, 1.165) is 25.7 Å². The normalized spacial score (nSPS) is 14.5. The van der Waals surface area contributed by atoms with Crippen molar-refractivity contribution in [3.05, 3.63) is 45.8 Å². The van der Waals surface area contributed by atoms with E-state index in [4.69, 9.17) is 32.7 Å². The van der Waals surface area contributed by atoms with Crippen LogP contribution in [0.3, 0.4) is 0 Å². The summed E-state index contributed by atoms with van der Waals surface area (Å²) in [6.07, 6.45) is 8.94. The van der Waals surface area contributed by atoms with Crippen molar-refractivity contribution in [2.45, 2.75) is 38.2 Å². The maximum atomic E-state index is 12.6. The maximum Gasteiger partial charge on any atom is 0.256 e. The topological polar surface area (TPSA) is 61.3 Å². The summed E-state index contributed by atoms with van der Waals surface area (Å²) in [5.41, 5.74) is 0.982. The minimum absolute atomic E-state index is 0.0665. The second-order valence-electron chi connectivity index (χ2n) is 5.94. The summed E-state index contributed by atoms with van der Waals surface area (Å²) in [6.45, 7) is 0. The van der Waals surface area contributed by atoms with Gasteiger partial charge in [0, 0.05) is 36.1 Å². The molecule has 25 heavy (non-hydrogen) atoms. The Kier molecular flexibility index (Phi) is 5.76. The molecule has 0 radical (unpaired) electrons. The van der Waals surface area contributed by atoms with Crippen LogP contribution in [0.4, 0.5) is 0 Å². The Hall–Kier alpha value is -1.85. The summed E-state index contributed by atoms with van der Waals surface area (Å²) in [6, 6.07) is 1.68. The quantitative estimate of drug-likeness (QED) is 0.688. The largest absolute Gasteiger partial charge is 0.485 e. The van der Waals surface area contributed by atoms with Crippen LogP contribution in [0.5, 0.6) is 11.6 Å². The third-order valence-corrected chi connectivity index (χ3v) is 4.87. The van der Waals surface area contributed by atoms with Gasteiger partial charge >= 0.3 is 0 Å². The number of ether oxygens (including phenoxy) is 2. The van der Waals surface area contributed by atoms with Gasteiger partial charge in [-0.15, -0.1) is 0 Å². The molecular formula is C18H18Cl2N2O3. The first-order chi connectivity index (χ1) is 12.1. The zero-order valence-electron chi connectivity index (χ0n) is 13.8. The number of hydrogen-bond acceptors (Lipinski definition) is 5. The van der Waals surface area contributed by atoms with E-state index in [0.29, 0.717) is 32.8 Å². The van der Waals surface area contributed by atoms with Crippen LogP contribution in [0, 0.1) is 0 Å². The number of halogens is 2. The van der Waals surface area contributed by atoms with Crippen LogP contribution in [0.1, 0.15) is 41.6 Å². The number of Topliss-reactive ketones (excluding diaryl/α,β-unsaturated/α-hetero) is 1. The van der Waals surface area contributed by atoms with Crippen molar-refractivity contribution in [3.63, 3.8) is 0 Å². The van der Waals surface area contributed by atoms with E-state index >= 15 is 0 Å². The van der Waals surface area contributed by atoms with E-state index in [9.17, 15) is 4.79 Å². The Bertz CT molecular complexity index is 757. The van der Waals surface area contributed by atoms with E-state index in [-0.39, 0.29) is 18.3 Å². The van der Waals surface area contributed by atoms with Gasteiger partial charge in [0.05, 0.1) is 23.3 Å². The molecule has 1 aliphatic carbocycles. The molecule has 0 spiro atoms. The van der Waals surface area contributed by atoms with E-state index in [1.807, 2.05) is 0 Å². The van der Waals surface area contributed by atoms with Crippen molar-refractivity contribution in [3.8, 4) is 11.6 Å². The molecule has 2 aromatic heterocycles. The van der Waals surface area contributed by atoms with Gasteiger partial charge in [-0.05, 0) is 31.7 Å². The van der Waals surface area contributed by atoms with E-state index in [2.05, 4.69) is 9.97 Å². The summed E-state index contributed by atoms with van der Waals surface area (Å²) in [4.78, 5) is 20.7.